The van der Waals surface area contributed by atoms with Gasteiger partial charge in [0.05, 0.1) is 13.0 Å². The van der Waals surface area contributed by atoms with Crippen molar-refractivity contribution in [3.8, 4) is 5.75 Å². The number of amides is 1. The Hall–Kier alpha value is -2.11. The molecule has 1 amide bonds. The third kappa shape index (κ3) is 4.18. The third-order valence-electron chi connectivity index (χ3n) is 3.54. The van der Waals surface area contributed by atoms with E-state index in [0.717, 1.165) is 0 Å². The first-order chi connectivity index (χ1) is 9.77. The molecule has 0 aliphatic rings. The van der Waals surface area contributed by atoms with E-state index in [4.69, 9.17) is 9.84 Å². The highest BCUT2D eigenvalue weighted by atomic mass is 19.1. The number of nitrogens with zero attached hydrogens (tertiary/aromatic N) is 1. The smallest absolute Gasteiger partial charge is 0.307 e. The first kappa shape index (κ1) is 16.9. The monoisotopic (exact) mass is 297 g/mol. The molecule has 0 saturated carbocycles. The van der Waals surface area contributed by atoms with Crippen LogP contribution >= 0.6 is 0 Å². The lowest BCUT2D eigenvalue weighted by molar-refractivity contribution is -0.148. The quantitative estimate of drug-likeness (QED) is 0.873. The molecule has 0 aromatic heterocycles. The molecule has 21 heavy (non-hydrogen) atoms. The summed E-state index contributed by atoms with van der Waals surface area (Å²) in [5.74, 6) is -3.08. The molecule has 0 saturated heterocycles. The Labute approximate surface area is 123 Å². The predicted molar refractivity (Wildman–Crippen MR) is 75.4 cm³/mol. The lowest BCUT2D eigenvalue weighted by atomic mass is 9.95. The molecule has 0 spiro atoms. The maximum atomic E-state index is 13.6. The Kier molecular flexibility index (Phi) is 5.69. The summed E-state index contributed by atoms with van der Waals surface area (Å²) in [6, 6.07) is 4.46. The van der Waals surface area contributed by atoms with Crippen LogP contribution in [0, 0.1) is 17.7 Å². The van der Waals surface area contributed by atoms with Crippen LogP contribution in [0.25, 0.3) is 0 Å². The lowest BCUT2D eigenvalue weighted by Crippen LogP contribution is -2.36. The Balaban J connectivity index is 2.76. The molecule has 0 radical (unpaired) electrons. The zero-order valence-corrected chi connectivity index (χ0v) is 12.6. The molecule has 0 aliphatic carbocycles. The van der Waals surface area contributed by atoms with E-state index >= 15 is 0 Å². The number of benzene rings is 1. The second-order valence-corrected chi connectivity index (χ2v) is 5.08. The van der Waals surface area contributed by atoms with E-state index in [-0.39, 0.29) is 18.2 Å². The van der Waals surface area contributed by atoms with Crippen molar-refractivity contribution in [1.29, 1.82) is 0 Å². The molecular formula is C15H20FNO4. The van der Waals surface area contributed by atoms with Crippen LogP contribution in [0.15, 0.2) is 18.2 Å². The maximum absolute atomic E-state index is 13.6. The Morgan fingerprint density at radius 3 is 2.43 bits per heavy atom. The Morgan fingerprint density at radius 2 is 1.95 bits per heavy atom. The molecule has 0 fully saturated rings. The molecule has 1 aromatic rings. The van der Waals surface area contributed by atoms with Gasteiger partial charge in [-0.15, -0.1) is 0 Å². The summed E-state index contributed by atoms with van der Waals surface area (Å²) < 4.78 is 18.4. The number of carbonyl (C=O) groups is 2. The second-order valence-electron chi connectivity index (χ2n) is 5.08. The van der Waals surface area contributed by atoms with Gasteiger partial charge in [0.1, 0.15) is 0 Å². The number of rotatable bonds is 6. The van der Waals surface area contributed by atoms with Crippen LogP contribution in [0.2, 0.25) is 0 Å². The van der Waals surface area contributed by atoms with Gasteiger partial charge in [0.25, 0.3) is 0 Å². The van der Waals surface area contributed by atoms with Gasteiger partial charge in [-0.3, -0.25) is 9.59 Å². The highest BCUT2D eigenvalue weighted by Crippen LogP contribution is 2.20. The van der Waals surface area contributed by atoms with Crippen LogP contribution in [0.5, 0.6) is 5.75 Å². The standard InChI is InChI=1S/C15H20FNO4/c1-9(10(2)15(19)20)14(18)17(3)8-11-5-6-13(21-4)12(16)7-11/h5-7,9-10H,8H2,1-4H3,(H,19,20). The van der Waals surface area contributed by atoms with Crippen molar-refractivity contribution in [2.75, 3.05) is 14.2 Å². The second kappa shape index (κ2) is 7.06. The fraction of sp³-hybridized carbons (Fsp3) is 0.467. The number of carboxylic acid groups (broad SMARTS) is 1. The van der Waals surface area contributed by atoms with Gasteiger partial charge >= 0.3 is 5.97 Å². The van der Waals surface area contributed by atoms with Gasteiger partial charge in [-0.25, -0.2) is 4.39 Å². The summed E-state index contributed by atoms with van der Waals surface area (Å²) in [5, 5.41) is 8.93. The maximum Gasteiger partial charge on any atom is 0.307 e. The van der Waals surface area contributed by atoms with Gasteiger partial charge in [-0.1, -0.05) is 19.9 Å². The number of aliphatic carboxylic acids is 1. The SMILES string of the molecule is COc1ccc(CN(C)C(=O)C(C)C(C)C(=O)O)cc1F. The number of carboxylic acids is 1. The van der Waals surface area contributed by atoms with Crippen molar-refractivity contribution in [3.63, 3.8) is 0 Å². The fourth-order valence-electron chi connectivity index (χ4n) is 1.94. The summed E-state index contributed by atoms with van der Waals surface area (Å²) in [7, 11) is 2.94. The van der Waals surface area contributed by atoms with E-state index in [9.17, 15) is 14.0 Å². The minimum absolute atomic E-state index is 0.139. The number of hydrogen-bond acceptors (Lipinski definition) is 3. The van der Waals surface area contributed by atoms with E-state index < -0.39 is 23.6 Å². The number of hydrogen-bond donors (Lipinski definition) is 1. The van der Waals surface area contributed by atoms with Crippen LogP contribution in [-0.2, 0) is 16.1 Å². The minimum Gasteiger partial charge on any atom is -0.494 e. The van der Waals surface area contributed by atoms with E-state index in [0.29, 0.717) is 5.56 Å². The largest absolute Gasteiger partial charge is 0.494 e. The summed E-state index contributed by atoms with van der Waals surface area (Å²) in [4.78, 5) is 24.4. The number of halogens is 1. The van der Waals surface area contributed by atoms with Gasteiger partial charge in [-0.05, 0) is 17.7 Å². The molecule has 1 N–H and O–H groups in total. The summed E-state index contributed by atoms with van der Waals surface area (Å²) in [6.07, 6.45) is 0. The van der Waals surface area contributed by atoms with E-state index in [1.807, 2.05) is 0 Å². The van der Waals surface area contributed by atoms with Crippen LogP contribution in [0.3, 0.4) is 0 Å². The first-order valence-electron chi connectivity index (χ1n) is 6.58. The molecule has 5 nitrogen and oxygen atoms in total. The van der Waals surface area contributed by atoms with Gasteiger partial charge < -0.3 is 14.7 Å². The zero-order valence-electron chi connectivity index (χ0n) is 12.6. The number of ether oxygens (including phenoxy) is 1. The highest BCUT2D eigenvalue weighted by Gasteiger charge is 2.28. The van der Waals surface area contributed by atoms with Crippen molar-refractivity contribution in [3.05, 3.63) is 29.6 Å². The molecule has 0 bridgehead atoms. The minimum atomic E-state index is -1.01. The molecule has 116 valence electrons. The normalized spacial score (nSPS) is 13.4. The molecule has 0 heterocycles. The van der Waals surface area contributed by atoms with Crippen LogP contribution in [0.1, 0.15) is 19.4 Å². The van der Waals surface area contributed by atoms with Crippen LogP contribution < -0.4 is 4.74 Å². The van der Waals surface area contributed by atoms with Gasteiger partial charge in [-0.2, -0.15) is 0 Å². The predicted octanol–water partition coefficient (Wildman–Crippen LogP) is 2.15. The summed E-state index contributed by atoms with van der Waals surface area (Å²) >= 11 is 0. The van der Waals surface area contributed by atoms with Crippen molar-refractivity contribution in [2.24, 2.45) is 11.8 Å². The summed E-state index contributed by atoms with van der Waals surface area (Å²) in [5.41, 5.74) is 0.610. The molecule has 1 rings (SSSR count). The van der Waals surface area contributed by atoms with Crippen molar-refractivity contribution < 1.29 is 23.8 Å². The average Bonchev–Trinajstić information content (AvgIpc) is 2.44. The lowest BCUT2D eigenvalue weighted by Gasteiger charge is -2.23. The van der Waals surface area contributed by atoms with Crippen LogP contribution in [-0.4, -0.2) is 36.0 Å². The zero-order chi connectivity index (χ0) is 16.2. The molecular weight excluding hydrogens is 277 g/mol. The molecule has 0 aliphatic heterocycles. The number of methoxy groups -OCH3 is 1. The first-order valence-corrected chi connectivity index (χ1v) is 6.58. The highest BCUT2D eigenvalue weighted by molar-refractivity contribution is 5.84. The van der Waals surface area contributed by atoms with Gasteiger partial charge in [0, 0.05) is 19.5 Å². The van der Waals surface area contributed by atoms with Crippen molar-refractivity contribution in [2.45, 2.75) is 20.4 Å². The Morgan fingerprint density at radius 1 is 1.33 bits per heavy atom. The molecule has 1 aromatic carbocycles. The molecule has 2 unspecified atom stereocenters. The van der Waals surface area contributed by atoms with E-state index in [2.05, 4.69) is 0 Å². The van der Waals surface area contributed by atoms with E-state index in [1.54, 1.807) is 20.0 Å². The summed E-state index contributed by atoms with van der Waals surface area (Å²) in [6.45, 7) is 3.27. The average molecular weight is 297 g/mol. The molecule has 2 atom stereocenters. The van der Waals surface area contributed by atoms with E-state index in [1.165, 1.54) is 31.1 Å². The van der Waals surface area contributed by atoms with Gasteiger partial charge in [0.15, 0.2) is 11.6 Å². The topological polar surface area (TPSA) is 66.8 Å². The number of carbonyl (C=O) groups excluding carboxylic acids is 1. The molecule has 6 heteroatoms. The third-order valence-corrected chi connectivity index (χ3v) is 3.54. The van der Waals surface area contributed by atoms with Crippen molar-refractivity contribution >= 4 is 11.9 Å². The fourth-order valence-corrected chi connectivity index (χ4v) is 1.94. The van der Waals surface area contributed by atoms with Gasteiger partial charge in [0.2, 0.25) is 5.91 Å². The van der Waals surface area contributed by atoms with Crippen LogP contribution in [0.4, 0.5) is 4.39 Å². The Bertz CT molecular complexity index is 532. The van der Waals surface area contributed by atoms with Crippen molar-refractivity contribution in [1.82, 2.24) is 4.90 Å².